The maximum absolute atomic E-state index is 10.5. The first-order chi connectivity index (χ1) is 14.4. The van der Waals surface area contributed by atoms with Gasteiger partial charge in [-0.25, -0.2) is 0 Å². The molecule has 2 saturated heterocycles. The van der Waals surface area contributed by atoms with Crippen molar-refractivity contribution in [3.05, 3.63) is 60.2 Å². The van der Waals surface area contributed by atoms with Crippen LogP contribution in [0.5, 0.6) is 0 Å². The molecule has 2 aliphatic rings. The minimum atomic E-state index is -4.02. The van der Waals surface area contributed by atoms with Crippen LogP contribution in [0.4, 0.5) is 5.13 Å². The highest BCUT2D eigenvalue weighted by Gasteiger charge is 2.37. The van der Waals surface area contributed by atoms with E-state index in [1.54, 1.807) is 12.1 Å². The Kier molecular flexibility index (Phi) is 6.14. The summed E-state index contributed by atoms with van der Waals surface area (Å²) in [5.41, 5.74) is 2.06. The molecule has 2 aromatic carbocycles. The molecule has 9 heteroatoms. The molecule has 158 valence electrons. The lowest BCUT2D eigenvalue weighted by atomic mass is 10.0. The molecule has 0 saturated carbocycles. The number of nitrogens with one attached hydrogen (secondary N) is 1. The van der Waals surface area contributed by atoms with Crippen molar-refractivity contribution in [3.63, 3.8) is 0 Å². The summed E-state index contributed by atoms with van der Waals surface area (Å²) in [5, 5.41) is 4.55. The van der Waals surface area contributed by atoms with Gasteiger partial charge in [0.2, 0.25) is 5.13 Å². The maximum atomic E-state index is 10.5. The fourth-order valence-corrected chi connectivity index (χ4v) is 4.96. The van der Waals surface area contributed by atoms with Gasteiger partial charge >= 0.3 is 0 Å². The topological polar surface area (TPSA) is 95.4 Å². The highest BCUT2D eigenvalue weighted by atomic mass is 32.2. The predicted octanol–water partition coefficient (Wildman–Crippen LogP) is 3.10. The fraction of sp³-hybridized carbons (Fsp3) is 0.333. The van der Waals surface area contributed by atoms with Crippen molar-refractivity contribution >= 4 is 26.8 Å². The van der Waals surface area contributed by atoms with E-state index >= 15 is 0 Å². The zero-order chi connectivity index (χ0) is 21.1. The van der Waals surface area contributed by atoms with Crippen LogP contribution < -0.4 is 10.2 Å². The molecule has 3 heterocycles. The molecule has 0 bridgehead atoms. The fourth-order valence-electron chi connectivity index (χ4n) is 3.77. The van der Waals surface area contributed by atoms with Crippen LogP contribution in [0, 0.1) is 18.8 Å². The first-order valence-electron chi connectivity index (χ1n) is 9.79. The number of aryl methyl sites for hydroxylation is 1. The van der Waals surface area contributed by atoms with Crippen molar-refractivity contribution < 1.29 is 13.0 Å². The van der Waals surface area contributed by atoms with Gasteiger partial charge in [-0.2, -0.15) is 17.8 Å². The van der Waals surface area contributed by atoms with Gasteiger partial charge in [-0.3, -0.25) is 4.55 Å². The van der Waals surface area contributed by atoms with Gasteiger partial charge in [-0.1, -0.05) is 48.0 Å². The molecule has 30 heavy (non-hydrogen) atoms. The number of nitrogens with zero attached hydrogens (tertiary/aromatic N) is 3. The number of fused-ring (bicyclic) bond motifs is 1. The molecule has 2 fully saturated rings. The average molecular weight is 445 g/mol. The molecule has 3 aromatic rings. The summed E-state index contributed by atoms with van der Waals surface area (Å²) in [6, 6.07) is 16.2. The number of aromatic nitrogens is 2. The number of benzene rings is 2. The zero-order valence-corrected chi connectivity index (χ0v) is 18.2. The second-order valence-electron chi connectivity index (χ2n) is 7.64. The van der Waals surface area contributed by atoms with Crippen molar-refractivity contribution in [2.45, 2.75) is 11.8 Å². The van der Waals surface area contributed by atoms with Crippen molar-refractivity contribution in [1.29, 1.82) is 0 Å². The number of anilines is 1. The molecule has 2 atom stereocenters. The highest BCUT2D eigenvalue weighted by molar-refractivity contribution is 7.85. The maximum Gasteiger partial charge on any atom is 0.294 e. The Bertz CT molecular complexity index is 1070. The third kappa shape index (κ3) is 4.86. The molecule has 5 rings (SSSR count). The average Bonchev–Trinajstić information content (AvgIpc) is 3.45. The van der Waals surface area contributed by atoms with Gasteiger partial charge in [0.05, 0.1) is 4.90 Å². The summed E-state index contributed by atoms with van der Waals surface area (Å²) in [4.78, 5) is 7.04. The quantitative estimate of drug-likeness (QED) is 0.599. The summed E-state index contributed by atoms with van der Waals surface area (Å²) in [5.74, 6) is 2.45. The molecular formula is C21H24N4O3S2. The Morgan fingerprint density at radius 1 is 1.03 bits per heavy atom. The van der Waals surface area contributed by atoms with Crippen LogP contribution >= 0.6 is 11.5 Å². The van der Waals surface area contributed by atoms with E-state index in [4.69, 9.17) is 9.54 Å². The molecule has 0 aliphatic carbocycles. The third-order valence-electron chi connectivity index (χ3n) is 5.43. The van der Waals surface area contributed by atoms with Crippen LogP contribution in [0.2, 0.25) is 0 Å². The van der Waals surface area contributed by atoms with E-state index in [0.717, 1.165) is 60.1 Å². The van der Waals surface area contributed by atoms with E-state index < -0.39 is 10.1 Å². The number of hydrogen-bond acceptors (Lipinski definition) is 7. The van der Waals surface area contributed by atoms with Crippen molar-refractivity contribution in [3.8, 4) is 11.4 Å². The summed E-state index contributed by atoms with van der Waals surface area (Å²) in [7, 11) is -4.02. The first kappa shape index (κ1) is 20.9. The van der Waals surface area contributed by atoms with Gasteiger partial charge in [-0.15, -0.1) is 0 Å². The SMILES string of the molecule is Cc1ccc(S(=O)(=O)O)cc1.c1ccc(-c2nsc(N3CC4CNCC4C3)n2)cc1. The summed E-state index contributed by atoms with van der Waals surface area (Å²) < 4.78 is 34.0. The lowest BCUT2D eigenvalue weighted by Crippen LogP contribution is -2.25. The minimum Gasteiger partial charge on any atom is -0.346 e. The third-order valence-corrected chi connectivity index (χ3v) is 7.07. The Morgan fingerprint density at radius 2 is 1.67 bits per heavy atom. The van der Waals surface area contributed by atoms with Gasteiger partial charge in [0.25, 0.3) is 10.1 Å². The largest absolute Gasteiger partial charge is 0.346 e. The van der Waals surface area contributed by atoms with E-state index in [1.807, 2.05) is 25.1 Å². The monoisotopic (exact) mass is 444 g/mol. The molecule has 7 nitrogen and oxygen atoms in total. The Hall–Kier alpha value is -2.33. The molecule has 0 radical (unpaired) electrons. The molecular weight excluding hydrogens is 420 g/mol. The standard InChI is InChI=1S/C14H16N4S.C7H8O3S/c1-2-4-10(5-3-1)13-16-14(19-17-13)18-8-11-6-15-7-12(11)9-18;1-6-2-4-7(5-3-6)11(8,9)10/h1-5,11-12,15H,6-9H2;2-5H,1H3,(H,8,9,10). The van der Waals surface area contributed by atoms with Gasteiger partial charge in [0.15, 0.2) is 5.82 Å². The van der Waals surface area contributed by atoms with Gasteiger partial charge < -0.3 is 10.2 Å². The van der Waals surface area contributed by atoms with Crippen LogP contribution in [-0.4, -0.2) is 48.5 Å². The van der Waals surface area contributed by atoms with Crippen LogP contribution in [-0.2, 0) is 10.1 Å². The van der Waals surface area contributed by atoms with Crippen LogP contribution in [0.25, 0.3) is 11.4 Å². The Balaban J connectivity index is 0.000000170. The molecule has 2 aliphatic heterocycles. The van der Waals surface area contributed by atoms with Crippen molar-refractivity contribution in [2.24, 2.45) is 11.8 Å². The second-order valence-corrected chi connectivity index (χ2v) is 9.79. The first-order valence-corrected chi connectivity index (χ1v) is 12.0. The van der Waals surface area contributed by atoms with E-state index in [1.165, 1.54) is 23.7 Å². The van der Waals surface area contributed by atoms with Gasteiger partial charge in [0, 0.05) is 43.3 Å². The van der Waals surface area contributed by atoms with Crippen LogP contribution in [0.15, 0.2) is 59.5 Å². The molecule has 0 amide bonds. The summed E-state index contributed by atoms with van der Waals surface area (Å²) in [6.45, 7) is 6.41. The summed E-state index contributed by atoms with van der Waals surface area (Å²) in [6.07, 6.45) is 0. The summed E-state index contributed by atoms with van der Waals surface area (Å²) >= 11 is 1.52. The normalized spacial score (nSPS) is 20.5. The number of rotatable bonds is 3. The van der Waals surface area contributed by atoms with Crippen molar-refractivity contribution in [2.75, 3.05) is 31.1 Å². The lowest BCUT2D eigenvalue weighted by molar-refractivity contribution is 0.483. The van der Waals surface area contributed by atoms with Crippen LogP contribution in [0.1, 0.15) is 5.56 Å². The highest BCUT2D eigenvalue weighted by Crippen LogP contribution is 2.32. The zero-order valence-electron chi connectivity index (χ0n) is 16.6. The van der Waals surface area contributed by atoms with E-state index in [-0.39, 0.29) is 4.90 Å². The minimum absolute atomic E-state index is 0.0666. The predicted molar refractivity (Wildman–Crippen MR) is 118 cm³/mol. The lowest BCUT2D eigenvalue weighted by Gasteiger charge is -2.14. The Morgan fingerprint density at radius 3 is 2.27 bits per heavy atom. The van der Waals surface area contributed by atoms with E-state index in [2.05, 4.69) is 26.7 Å². The molecule has 2 unspecified atom stereocenters. The van der Waals surface area contributed by atoms with Crippen LogP contribution in [0.3, 0.4) is 0 Å². The molecule has 0 spiro atoms. The van der Waals surface area contributed by atoms with E-state index in [0.29, 0.717) is 0 Å². The second kappa shape index (κ2) is 8.81. The van der Waals surface area contributed by atoms with Gasteiger partial charge in [0.1, 0.15) is 0 Å². The Labute approximate surface area is 180 Å². The smallest absolute Gasteiger partial charge is 0.294 e. The van der Waals surface area contributed by atoms with E-state index in [9.17, 15) is 8.42 Å². The van der Waals surface area contributed by atoms with Gasteiger partial charge in [-0.05, 0) is 30.9 Å². The number of hydrogen-bond donors (Lipinski definition) is 2. The molecule has 1 aromatic heterocycles. The van der Waals surface area contributed by atoms with Crippen molar-refractivity contribution in [1.82, 2.24) is 14.7 Å². The molecule has 2 N–H and O–H groups in total.